The molecule has 178 valence electrons. The van der Waals surface area contributed by atoms with Gasteiger partial charge in [0.15, 0.2) is 9.84 Å². The number of likely N-dealkylation sites (tertiary alicyclic amines) is 1. The summed E-state index contributed by atoms with van der Waals surface area (Å²) in [6.45, 7) is 2.51. The maximum absolute atomic E-state index is 12.9. The van der Waals surface area contributed by atoms with Crippen LogP contribution in [0.1, 0.15) is 28.8 Å². The smallest absolute Gasteiger partial charge is 0.261 e. The minimum atomic E-state index is -3.73. The molecular formula is C25H26N2O5S2. The Morgan fingerprint density at radius 2 is 1.44 bits per heavy atom. The van der Waals surface area contributed by atoms with E-state index in [1.807, 2.05) is 13.0 Å². The summed E-state index contributed by atoms with van der Waals surface area (Å²) in [5.41, 5.74) is 1.61. The number of hydrogen-bond donors (Lipinski definition) is 1. The molecule has 3 aromatic carbocycles. The predicted molar refractivity (Wildman–Crippen MR) is 131 cm³/mol. The molecular weight excluding hydrogens is 472 g/mol. The molecule has 0 atom stereocenters. The van der Waals surface area contributed by atoms with Gasteiger partial charge in [-0.1, -0.05) is 30.3 Å². The molecule has 7 nitrogen and oxygen atoms in total. The van der Waals surface area contributed by atoms with Crippen LogP contribution in [-0.4, -0.2) is 46.0 Å². The number of piperidine rings is 1. The molecule has 1 aliphatic heterocycles. The third kappa shape index (κ3) is 5.15. The van der Waals surface area contributed by atoms with Gasteiger partial charge in [0.1, 0.15) is 0 Å². The summed E-state index contributed by atoms with van der Waals surface area (Å²) in [5.74, 6) is -0.205. The number of aryl methyl sites for hydroxylation is 1. The van der Waals surface area contributed by atoms with Gasteiger partial charge in [-0.25, -0.2) is 16.8 Å². The minimum absolute atomic E-state index is 0.168. The zero-order valence-corrected chi connectivity index (χ0v) is 20.3. The Balaban J connectivity index is 1.39. The number of nitrogens with one attached hydrogen (secondary N) is 1. The summed E-state index contributed by atoms with van der Waals surface area (Å²) < 4.78 is 53.4. The van der Waals surface area contributed by atoms with E-state index < -0.39 is 25.1 Å². The van der Waals surface area contributed by atoms with Crippen molar-refractivity contribution in [1.29, 1.82) is 0 Å². The molecule has 0 aromatic heterocycles. The van der Waals surface area contributed by atoms with Gasteiger partial charge in [-0.15, -0.1) is 0 Å². The second-order valence-electron chi connectivity index (χ2n) is 8.35. The maximum atomic E-state index is 12.9. The first-order chi connectivity index (χ1) is 16.2. The standard InChI is InChI=1S/C25H26N2O5S2/c1-19-6-5-9-24(18-19)34(31,32)26-21-12-10-20(11-13-21)25(28)27-16-14-23(15-17-27)33(29,30)22-7-3-2-4-8-22/h2-13,18,23,26H,14-17H2,1H3. The summed E-state index contributed by atoms with van der Waals surface area (Å²) in [5, 5.41) is -0.516. The third-order valence-electron chi connectivity index (χ3n) is 5.92. The van der Waals surface area contributed by atoms with E-state index in [1.54, 1.807) is 71.6 Å². The van der Waals surface area contributed by atoms with E-state index in [1.165, 1.54) is 6.07 Å². The van der Waals surface area contributed by atoms with Gasteiger partial charge in [0, 0.05) is 24.3 Å². The Bertz CT molecular complexity index is 1380. The Hall–Kier alpha value is -3.17. The SMILES string of the molecule is Cc1cccc(S(=O)(=O)Nc2ccc(C(=O)N3CCC(S(=O)(=O)c4ccccc4)CC3)cc2)c1. The number of sulfone groups is 1. The molecule has 3 aromatic rings. The number of amides is 1. The summed E-state index contributed by atoms with van der Waals surface area (Å²) in [6, 6.07) is 21.2. The van der Waals surface area contributed by atoms with Gasteiger partial charge < -0.3 is 4.90 Å². The maximum Gasteiger partial charge on any atom is 0.261 e. The van der Waals surface area contributed by atoms with Crippen molar-refractivity contribution in [3.05, 3.63) is 90.0 Å². The number of carbonyl (C=O) groups is 1. The monoisotopic (exact) mass is 498 g/mol. The highest BCUT2D eigenvalue weighted by Crippen LogP contribution is 2.26. The Kier molecular flexibility index (Phi) is 6.77. The fourth-order valence-corrected chi connectivity index (χ4v) is 6.95. The molecule has 34 heavy (non-hydrogen) atoms. The van der Waals surface area contributed by atoms with E-state index >= 15 is 0 Å². The molecule has 1 amide bonds. The van der Waals surface area contributed by atoms with Gasteiger partial charge in [0.05, 0.1) is 15.0 Å². The molecule has 9 heteroatoms. The lowest BCUT2D eigenvalue weighted by Crippen LogP contribution is -2.42. The van der Waals surface area contributed by atoms with Crippen molar-refractivity contribution in [2.45, 2.75) is 34.8 Å². The first-order valence-corrected chi connectivity index (χ1v) is 14.0. The molecule has 0 aliphatic carbocycles. The Morgan fingerprint density at radius 3 is 2.06 bits per heavy atom. The van der Waals surface area contributed by atoms with Gasteiger partial charge in [-0.3, -0.25) is 9.52 Å². The fourth-order valence-electron chi connectivity index (χ4n) is 4.03. The average molecular weight is 499 g/mol. The fraction of sp³-hybridized carbons (Fsp3) is 0.240. The van der Waals surface area contributed by atoms with Crippen molar-refractivity contribution in [2.75, 3.05) is 17.8 Å². The molecule has 1 N–H and O–H groups in total. The van der Waals surface area contributed by atoms with Crippen molar-refractivity contribution < 1.29 is 21.6 Å². The van der Waals surface area contributed by atoms with Crippen molar-refractivity contribution in [1.82, 2.24) is 4.90 Å². The van der Waals surface area contributed by atoms with E-state index in [2.05, 4.69) is 4.72 Å². The van der Waals surface area contributed by atoms with E-state index in [-0.39, 0.29) is 10.8 Å². The van der Waals surface area contributed by atoms with Crippen molar-refractivity contribution in [3.63, 3.8) is 0 Å². The topological polar surface area (TPSA) is 101 Å². The third-order valence-corrected chi connectivity index (χ3v) is 9.58. The number of nitrogens with zero attached hydrogens (tertiary/aromatic N) is 1. The van der Waals surface area contributed by atoms with Crippen LogP contribution in [0.4, 0.5) is 5.69 Å². The molecule has 1 saturated heterocycles. The summed E-state index contributed by atoms with van der Waals surface area (Å²) in [4.78, 5) is 15.0. The number of benzene rings is 3. The second kappa shape index (κ2) is 9.60. The minimum Gasteiger partial charge on any atom is -0.339 e. The highest BCUT2D eigenvalue weighted by atomic mass is 32.2. The van der Waals surface area contributed by atoms with Crippen LogP contribution in [-0.2, 0) is 19.9 Å². The van der Waals surface area contributed by atoms with E-state index in [9.17, 15) is 21.6 Å². The Morgan fingerprint density at radius 1 is 0.824 bits per heavy atom. The van der Waals surface area contributed by atoms with E-state index in [0.717, 1.165) is 5.56 Å². The average Bonchev–Trinajstić information content (AvgIpc) is 2.84. The number of hydrogen-bond acceptors (Lipinski definition) is 5. The number of anilines is 1. The predicted octanol–water partition coefficient (Wildman–Crippen LogP) is 3.87. The Labute approximate surface area is 200 Å². The van der Waals surface area contributed by atoms with Gasteiger partial charge in [0.25, 0.3) is 15.9 Å². The lowest BCUT2D eigenvalue weighted by molar-refractivity contribution is 0.0725. The van der Waals surface area contributed by atoms with Crippen LogP contribution in [0, 0.1) is 6.92 Å². The first kappa shape index (κ1) is 24.0. The molecule has 0 radical (unpaired) electrons. The molecule has 1 fully saturated rings. The zero-order chi connectivity index (χ0) is 24.3. The van der Waals surface area contributed by atoms with Gasteiger partial charge in [-0.2, -0.15) is 0 Å². The van der Waals surface area contributed by atoms with E-state index in [0.29, 0.717) is 42.1 Å². The largest absolute Gasteiger partial charge is 0.339 e. The number of carbonyl (C=O) groups excluding carboxylic acids is 1. The van der Waals surface area contributed by atoms with Crippen LogP contribution >= 0.6 is 0 Å². The van der Waals surface area contributed by atoms with Crippen LogP contribution in [0.3, 0.4) is 0 Å². The quantitative estimate of drug-likeness (QED) is 0.556. The van der Waals surface area contributed by atoms with Crippen LogP contribution in [0.25, 0.3) is 0 Å². The zero-order valence-electron chi connectivity index (χ0n) is 18.7. The van der Waals surface area contributed by atoms with E-state index in [4.69, 9.17) is 0 Å². The van der Waals surface area contributed by atoms with Crippen molar-refractivity contribution in [3.8, 4) is 0 Å². The molecule has 0 saturated carbocycles. The van der Waals surface area contributed by atoms with Crippen LogP contribution < -0.4 is 4.72 Å². The number of rotatable bonds is 6. The van der Waals surface area contributed by atoms with Gasteiger partial charge >= 0.3 is 0 Å². The van der Waals surface area contributed by atoms with Crippen LogP contribution in [0.5, 0.6) is 0 Å². The van der Waals surface area contributed by atoms with Gasteiger partial charge in [0.2, 0.25) is 0 Å². The highest BCUT2D eigenvalue weighted by molar-refractivity contribution is 7.92. The van der Waals surface area contributed by atoms with Crippen LogP contribution in [0.15, 0.2) is 88.7 Å². The summed E-state index contributed by atoms with van der Waals surface area (Å²) in [7, 11) is -7.16. The van der Waals surface area contributed by atoms with Crippen LogP contribution in [0.2, 0.25) is 0 Å². The molecule has 0 unspecified atom stereocenters. The highest BCUT2D eigenvalue weighted by Gasteiger charge is 2.32. The summed E-state index contributed by atoms with van der Waals surface area (Å²) in [6.07, 6.45) is 0.745. The lowest BCUT2D eigenvalue weighted by atomic mass is 10.1. The summed E-state index contributed by atoms with van der Waals surface area (Å²) >= 11 is 0. The normalized spacial score (nSPS) is 15.1. The molecule has 4 rings (SSSR count). The second-order valence-corrected chi connectivity index (χ2v) is 12.3. The first-order valence-electron chi connectivity index (χ1n) is 10.9. The van der Waals surface area contributed by atoms with Crippen molar-refractivity contribution in [2.24, 2.45) is 0 Å². The lowest BCUT2D eigenvalue weighted by Gasteiger charge is -2.31. The van der Waals surface area contributed by atoms with Crippen molar-refractivity contribution >= 4 is 31.5 Å². The number of sulfonamides is 1. The molecule has 1 heterocycles. The van der Waals surface area contributed by atoms with Gasteiger partial charge in [-0.05, 0) is 73.9 Å². The molecule has 0 bridgehead atoms. The molecule has 1 aliphatic rings. The molecule has 0 spiro atoms.